The fourth-order valence-electron chi connectivity index (χ4n) is 5.23. The van der Waals surface area contributed by atoms with Gasteiger partial charge in [-0.2, -0.15) is 0 Å². The lowest BCUT2D eigenvalue weighted by atomic mass is 9.85. The summed E-state index contributed by atoms with van der Waals surface area (Å²) < 4.78 is 0. The lowest BCUT2D eigenvalue weighted by Gasteiger charge is -2.47. The molecule has 0 heterocycles. The van der Waals surface area contributed by atoms with Crippen LogP contribution < -0.4 is 0 Å². The molecule has 1 aromatic carbocycles. The first-order valence-electron chi connectivity index (χ1n) is 10.3. The SMILES string of the molecule is BC(c1ccccc1C(B)P(C(C)(C)C)C(C)(C)C)P(C(C)C)C(C)C. The molecule has 0 amide bonds. The molecular weight excluding hydrogens is 348 g/mol. The van der Waals surface area contributed by atoms with E-state index in [1.165, 1.54) is 0 Å². The van der Waals surface area contributed by atoms with Crippen molar-refractivity contribution >= 4 is 31.5 Å². The van der Waals surface area contributed by atoms with Gasteiger partial charge in [-0.3, -0.25) is 0 Å². The molecule has 0 saturated heterocycles. The van der Waals surface area contributed by atoms with E-state index in [0.717, 1.165) is 11.3 Å². The molecule has 146 valence electrons. The molecule has 0 N–H and O–H groups in total. The van der Waals surface area contributed by atoms with Gasteiger partial charge in [0.15, 0.2) is 0 Å². The molecule has 0 radical (unpaired) electrons. The van der Waals surface area contributed by atoms with E-state index in [1.54, 1.807) is 11.1 Å². The minimum absolute atomic E-state index is 0.0254. The summed E-state index contributed by atoms with van der Waals surface area (Å²) in [7, 11) is 4.81. The van der Waals surface area contributed by atoms with Crippen LogP contribution in [0.5, 0.6) is 0 Å². The summed E-state index contributed by atoms with van der Waals surface area (Å²) in [6, 6.07) is 9.37. The van der Waals surface area contributed by atoms with Gasteiger partial charge in [0.1, 0.15) is 15.7 Å². The van der Waals surface area contributed by atoms with Crippen LogP contribution in [-0.2, 0) is 0 Å². The summed E-state index contributed by atoms with van der Waals surface area (Å²) >= 11 is 0. The van der Waals surface area contributed by atoms with E-state index in [2.05, 4.69) is 109 Å². The third-order valence-corrected chi connectivity index (χ3v) is 12.9. The number of rotatable bonds is 6. The molecule has 2 unspecified atom stereocenters. The molecule has 0 fully saturated rings. The van der Waals surface area contributed by atoms with Gasteiger partial charge < -0.3 is 0 Å². The molecule has 0 aliphatic heterocycles. The molecule has 0 nitrogen and oxygen atoms in total. The first kappa shape index (κ1) is 24.2. The Morgan fingerprint density at radius 2 is 1.04 bits per heavy atom. The molecule has 4 heteroatoms. The molecule has 0 aliphatic rings. The molecule has 0 aliphatic carbocycles. The van der Waals surface area contributed by atoms with E-state index >= 15 is 0 Å². The van der Waals surface area contributed by atoms with Crippen LogP contribution in [0.2, 0.25) is 0 Å². The second-order valence-corrected chi connectivity index (χ2v) is 18.3. The van der Waals surface area contributed by atoms with Crippen molar-refractivity contribution in [1.82, 2.24) is 0 Å². The van der Waals surface area contributed by atoms with Crippen LogP contribution in [0.15, 0.2) is 24.3 Å². The highest BCUT2D eigenvalue weighted by atomic mass is 31.1. The van der Waals surface area contributed by atoms with Gasteiger partial charge in [0.25, 0.3) is 0 Å². The van der Waals surface area contributed by atoms with E-state index in [0.29, 0.717) is 21.4 Å². The van der Waals surface area contributed by atoms with Crippen LogP contribution in [-0.4, -0.2) is 37.3 Å². The highest BCUT2D eigenvalue weighted by Crippen LogP contribution is 2.68. The molecule has 0 bridgehead atoms. The summed E-state index contributed by atoms with van der Waals surface area (Å²) in [6.45, 7) is 24.4. The van der Waals surface area contributed by atoms with Crippen molar-refractivity contribution in [2.45, 2.75) is 102 Å². The van der Waals surface area contributed by atoms with Crippen molar-refractivity contribution in [2.24, 2.45) is 0 Å². The third kappa shape index (κ3) is 5.85. The average Bonchev–Trinajstić information content (AvgIpc) is 2.43. The predicted octanol–water partition coefficient (Wildman–Crippen LogP) is 6.33. The standard InChI is InChI=1S/C22H42B2P2/c1-15(2)25(16(3)4)19(23)17-13-11-12-14-18(17)20(24)26(21(5,6)7)22(8,9)10/h11-16,19-20H,23-24H2,1-10H3. The summed E-state index contributed by atoms with van der Waals surface area (Å²) in [5.41, 5.74) is 6.07. The lowest BCUT2D eigenvalue weighted by molar-refractivity contribution is 0.700. The summed E-state index contributed by atoms with van der Waals surface area (Å²) in [6.07, 6.45) is 0. The summed E-state index contributed by atoms with van der Waals surface area (Å²) in [5, 5.41) is 0.703. The van der Waals surface area contributed by atoms with Gasteiger partial charge in [-0.25, -0.2) is 0 Å². The Morgan fingerprint density at radius 3 is 1.35 bits per heavy atom. The van der Waals surface area contributed by atoms with Crippen molar-refractivity contribution in [3.63, 3.8) is 0 Å². The van der Waals surface area contributed by atoms with Gasteiger partial charge in [0.05, 0.1) is 0 Å². The molecule has 1 aromatic rings. The molecule has 0 aromatic heterocycles. The molecule has 0 saturated carbocycles. The van der Waals surface area contributed by atoms with Crippen LogP contribution in [0.3, 0.4) is 0 Å². The second-order valence-electron chi connectivity index (χ2n) is 10.3. The van der Waals surface area contributed by atoms with Gasteiger partial charge in [0, 0.05) is 0 Å². The van der Waals surface area contributed by atoms with Crippen LogP contribution in [0, 0.1) is 0 Å². The van der Waals surface area contributed by atoms with Crippen LogP contribution in [0.1, 0.15) is 91.5 Å². The van der Waals surface area contributed by atoms with Crippen LogP contribution in [0.25, 0.3) is 0 Å². The largest absolute Gasteiger partial charge is 0.116 e. The van der Waals surface area contributed by atoms with Gasteiger partial charge in [-0.05, 0) is 43.9 Å². The van der Waals surface area contributed by atoms with E-state index in [1.807, 2.05) is 0 Å². The van der Waals surface area contributed by atoms with Gasteiger partial charge in [0.2, 0.25) is 0 Å². The van der Waals surface area contributed by atoms with Gasteiger partial charge in [-0.15, -0.1) is 7.92 Å². The lowest BCUT2D eigenvalue weighted by Crippen LogP contribution is -2.29. The van der Waals surface area contributed by atoms with Crippen molar-refractivity contribution in [1.29, 1.82) is 0 Å². The highest BCUT2D eigenvalue weighted by molar-refractivity contribution is 7.62. The normalized spacial score (nSPS) is 15.9. The first-order valence-corrected chi connectivity index (χ1v) is 13.3. The first-order chi connectivity index (χ1) is 11.7. The molecular formula is C22H42B2P2. The van der Waals surface area contributed by atoms with E-state index in [9.17, 15) is 0 Å². The van der Waals surface area contributed by atoms with Crippen molar-refractivity contribution in [2.75, 3.05) is 0 Å². The molecule has 26 heavy (non-hydrogen) atoms. The third-order valence-electron chi connectivity index (χ3n) is 5.37. The van der Waals surface area contributed by atoms with Crippen molar-refractivity contribution < 1.29 is 0 Å². The second kappa shape index (κ2) is 9.14. The highest BCUT2D eigenvalue weighted by Gasteiger charge is 2.39. The monoisotopic (exact) mass is 390 g/mol. The Hall–Kier alpha value is 0.210. The van der Waals surface area contributed by atoms with E-state index < -0.39 is 0 Å². The van der Waals surface area contributed by atoms with Gasteiger partial charge >= 0.3 is 0 Å². The number of hydrogen-bond acceptors (Lipinski definition) is 0. The molecule has 0 spiro atoms. The maximum atomic E-state index is 2.50. The topological polar surface area (TPSA) is 0 Å². The summed E-state index contributed by atoms with van der Waals surface area (Å²) in [4.78, 5) is 0. The van der Waals surface area contributed by atoms with Gasteiger partial charge in [-0.1, -0.05) is 101 Å². The van der Waals surface area contributed by atoms with Crippen LogP contribution >= 0.6 is 15.8 Å². The fraction of sp³-hybridized carbons (Fsp3) is 0.727. The minimum atomic E-state index is -0.164. The predicted molar refractivity (Wildman–Crippen MR) is 133 cm³/mol. The smallest absolute Gasteiger partial charge is 0.102 e. The Labute approximate surface area is 169 Å². The zero-order valence-electron chi connectivity index (χ0n) is 19.5. The molecule has 2 atom stereocenters. The average molecular weight is 390 g/mol. The Bertz CT molecular complexity index is 548. The van der Waals surface area contributed by atoms with Crippen molar-refractivity contribution in [3.8, 4) is 0 Å². The van der Waals surface area contributed by atoms with E-state index in [4.69, 9.17) is 0 Å². The van der Waals surface area contributed by atoms with Crippen molar-refractivity contribution in [3.05, 3.63) is 35.4 Å². The quantitative estimate of drug-likeness (QED) is 0.394. The maximum absolute atomic E-state index is 2.50. The Kier molecular flexibility index (Phi) is 8.52. The van der Waals surface area contributed by atoms with E-state index in [-0.39, 0.29) is 15.8 Å². The maximum Gasteiger partial charge on any atom is 0.116 e. The Morgan fingerprint density at radius 1 is 0.692 bits per heavy atom. The minimum Gasteiger partial charge on any atom is -0.102 e. The zero-order valence-corrected chi connectivity index (χ0v) is 21.3. The fourth-order valence-corrected chi connectivity index (χ4v) is 13.6. The number of benzene rings is 1. The summed E-state index contributed by atoms with van der Waals surface area (Å²) in [5.74, 6) is 0. The zero-order chi connectivity index (χ0) is 20.4. The van der Waals surface area contributed by atoms with Crippen LogP contribution in [0.4, 0.5) is 0 Å². The number of hydrogen-bond donors (Lipinski definition) is 0. The Balaban J connectivity index is 3.43. The molecule has 1 rings (SSSR count).